The number of anilines is 1. The minimum atomic E-state index is -1.11. The molecule has 0 unspecified atom stereocenters. The first-order chi connectivity index (χ1) is 13.9. The smallest absolute Gasteiger partial charge is 0.348 e. The van der Waals surface area contributed by atoms with Gasteiger partial charge in [-0.3, -0.25) is 9.78 Å². The topological polar surface area (TPSA) is 88.5 Å². The fraction of sp³-hybridized carbons (Fsp3) is 0.136. The number of aromatic nitrogens is 1. The number of hydrogen-bond donors (Lipinski definition) is 2. The van der Waals surface area contributed by atoms with E-state index in [0.717, 1.165) is 33.6 Å². The van der Waals surface area contributed by atoms with Crippen LogP contribution in [0.5, 0.6) is 0 Å². The zero-order valence-corrected chi connectivity index (χ0v) is 17.0. The SMILES string of the molecule is COC=C(C(=O)Nc1cc(-c2cccnc2)sc1C(=O)O)c1ccc(C)cc1C. The van der Waals surface area contributed by atoms with E-state index in [-0.39, 0.29) is 10.6 Å². The summed E-state index contributed by atoms with van der Waals surface area (Å²) >= 11 is 1.08. The maximum atomic E-state index is 13.0. The summed E-state index contributed by atoms with van der Waals surface area (Å²) in [6, 6.07) is 11.0. The highest BCUT2D eigenvalue weighted by molar-refractivity contribution is 7.18. The van der Waals surface area contributed by atoms with Crippen molar-refractivity contribution < 1.29 is 19.4 Å². The summed E-state index contributed by atoms with van der Waals surface area (Å²) in [5.41, 5.74) is 4.05. The largest absolute Gasteiger partial charge is 0.504 e. The molecule has 148 valence electrons. The van der Waals surface area contributed by atoms with Crippen LogP contribution in [0.2, 0.25) is 0 Å². The average molecular weight is 408 g/mol. The standard InChI is InChI=1S/C22H20N2O4S/c1-13-6-7-16(14(2)9-13)17(12-28-3)21(25)24-18-10-19(29-20(18)22(26)27)15-5-4-8-23-11-15/h4-12H,1-3H3,(H,24,25)(H,26,27). The van der Waals surface area contributed by atoms with E-state index in [1.165, 1.54) is 13.4 Å². The molecule has 1 aromatic carbocycles. The molecule has 3 rings (SSSR count). The first-order valence-electron chi connectivity index (χ1n) is 8.80. The maximum Gasteiger partial charge on any atom is 0.348 e. The highest BCUT2D eigenvalue weighted by Crippen LogP contribution is 2.35. The van der Waals surface area contributed by atoms with Gasteiger partial charge in [0.15, 0.2) is 0 Å². The van der Waals surface area contributed by atoms with Gasteiger partial charge in [-0.1, -0.05) is 29.8 Å². The molecule has 0 atom stereocenters. The van der Waals surface area contributed by atoms with Gasteiger partial charge in [-0.2, -0.15) is 0 Å². The highest BCUT2D eigenvalue weighted by atomic mass is 32.1. The van der Waals surface area contributed by atoms with E-state index < -0.39 is 11.9 Å². The first kappa shape index (κ1) is 20.3. The molecular weight excluding hydrogens is 388 g/mol. The Morgan fingerprint density at radius 1 is 1.21 bits per heavy atom. The molecule has 2 N–H and O–H groups in total. The molecule has 0 fully saturated rings. The number of hydrogen-bond acceptors (Lipinski definition) is 5. The first-order valence-corrected chi connectivity index (χ1v) is 9.62. The Morgan fingerprint density at radius 2 is 2.00 bits per heavy atom. The van der Waals surface area contributed by atoms with Crippen LogP contribution >= 0.6 is 11.3 Å². The van der Waals surface area contributed by atoms with Crippen LogP contribution in [-0.4, -0.2) is 29.1 Å². The van der Waals surface area contributed by atoms with Gasteiger partial charge in [0.05, 0.1) is 24.6 Å². The number of aryl methyl sites for hydroxylation is 2. The number of aromatic carboxylic acids is 1. The number of carbonyl (C=O) groups is 2. The van der Waals surface area contributed by atoms with E-state index in [4.69, 9.17) is 4.74 Å². The van der Waals surface area contributed by atoms with Crippen LogP contribution in [0.3, 0.4) is 0 Å². The van der Waals surface area contributed by atoms with Gasteiger partial charge in [-0.05, 0) is 37.1 Å². The summed E-state index contributed by atoms with van der Waals surface area (Å²) in [5, 5.41) is 12.3. The van der Waals surface area contributed by atoms with Crippen molar-refractivity contribution in [3.63, 3.8) is 0 Å². The molecule has 0 saturated carbocycles. The zero-order valence-electron chi connectivity index (χ0n) is 16.2. The third kappa shape index (κ3) is 4.52. The molecule has 0 saturated heterocycles. The molecule has 7 heteroatoms. The summed E-state index contributed by atoms with van der Waals surface area (Å²) in [5.74, 6) is -1.55. The van der Waals surface area contributed by atoms with Crippen LogP contribution in [0.4, 0.5) is 5.69 Å². The molecule has 1 amide bonds. The minimum absolute atomic E-state index is 0.0506. The predicted octanol–water partition coefficient (Wildman–Crippen LogP) is 4.75. The normalized spacial score (nSPS) is 11.2. The molecule has 2 heterocycles. The third-order valence-corrected chi connectivity index (χ3v) is 5.45. The van der Waals surface area contributed by atoms with Crippen LogP contribution in [0.25, 0.3) is 16.0 Å². The molecule has 2 aromatic heterocycles. The van der Waals surface area contributed by atoms with Crippen molar-refractivity contribution in [3.05, 3.63) is 76.6 Å². The molecule has 0 spiro atoms. The van der Waals surface area contributed by atoms with E-state index in [1.807, 2.05) is 38.1 Å². The number of nitrogens with one attached hydrogen (secondary N) is 1. The van der Waals surface area contributed by atoms with Gasteiger partial charge in [0.2, 0.25) is 0 Å². The monoisotopic (exact) mass is 408 g/mol. The van der Waals surface area contributed by atoms with Crippen LogP contribution in [0.1, 0.15) is 26.4 Å². The van der Waals surface area contributed by atoms with Crippen molar-refractivity contribution in [2.24, 2.45) is 0 Å². The van der Waals surface area contributed by atoms with Crippen LogP contribution in [0.15, 0.2) is 55.1 Å². The highest BCUT2D eigenvalue weighted by Gasteiger charge is 2.21. The van der Waals surface area contributed by atoms with Gasteiger partial charge in [0.1, 0.15) is 4.88 Å². The molecule has 3 aromatic rings. The Labute approximate surface area is 172 Å². The van der Waals surface area contributed by atoms with Gasteiger partial charge in [0, 0.05) is 22.8 Å². The Hall–Kier alpha value is -3.45. The van der Waals surface area contributed by atoms with Crippen LogP contribution in [0, 0.1) is 13.8 Å². The quantitative estimate of drug-likeness (QED) is 0.454. The maximum absolute atomic E-state index is 13.0. The second-order valence-corrected chi connectivity index (χ2v) is 7.49. The third-order valence-electron chi connectivity index (χ3n) is 4.27. The molecular formula is C22H20N2O4S. The molecule has 0 aliphatic carbocycles. The number of pyridine rings is 1. The Kier molecular flexibility index (Phi) is 6.09. The lowest BCUT2D eigenvalue weighted by molar-refractivity contribution is -0.111. The second-order valence-electron chi connectivity index (χ2n) is 6.44. The van der Waals surface area contributed by atoms with Gasteiger partial charge in [-0.15, -0.1) is 11.3 Å². The minimum Gasteiger partial charge on any atom is -0.504 e. The van der Waals surface area contributed by atoms with E-state index in [1.54, 1.807) is 24.5 Å². The predicted molar refractivity (Wildman–Crippen MR) is 114 cm³/mol. The summed E-state index contributed by atoms with van der Waals surface area (Å²) in [6.07, 6.45) is 4.65. The number of benzene rings is 1. The molecule has 0 aliphatic rings. The summed E-state index contributed by atoms with van der Waals surface area (Å²) < 4.78 is 5.11. The van der Waals surface area contributed by atoms with Gasteiger partial charge >= 0.3 is 5.97 Å². The number of thiophene rings is 1. The van der Waals surface area contributed by atoms with Gasteiger partial charge < -0.3 is 15.2 Å². The lowest BCUT2D eigenvalue weighted by Crippen LogP contribution is -2.16. The number of nitrogens with zero attached hydrogens (tertiary/aromatic N) is 1. The second kappa shape index (κ2) is 8.70. The fourth-order valence-corrected chi connectivity index (χ4v) is 3.90. The number of amides is 1. The van der Waals surface area contributed by atoms with Crippen molar-refractivity contribution in [1.82, 2.24) is 4.98 Å². The van der Waals surface area contributed by atoms with E-state index >= 15 is 0 Å². The van der Waals surface area contributed by atoms with E-state index in [0.29, 0.717) is 10.5 Å². The van der Waals surface area contributed by atoms with Gasteiger partial charge in [0.25, 0.3) is 5.91 Å². The Morgan fingerprint density at radius 3 is 2.62 bits per heavy atom. The van der Waals surface area contributed by atoms with Crippen molar-refractivity contribution in [3.8, 4) is 10.4 Å². The summed E-state index contributed by atoms with van der Waals surface area (Å²) in [7, 11) is 1.46. The summed E-state index contributed by atoms with van der Waals surface area (Å²) in [4.78, 5) is 29.5. The Bertz CT molecular complexity index is 1090. The van der Waals surface area contributed by atoms with Crippen molar-refractivity contribution in [1.29, 1.82) is 0 Å². The average Bonchev–Trinajstić information content (AvgIpc) is 3.11. The van der Waals surface area contributed by atoms with Crippen molar-refractivity contribution in [2.75, 3.05) is 12.4 Å². The fourth-order valence-electron chi connectivity index (χ4n) is 2.96. The van der Waals surface area contributed by atoms with Crippen molar-refractivity contribution in [2.45, 2.75) is 13.8 Å². The number of methoxy groups -OCH3 is 1. The van der Waals surface area contributed by atoms with E-state index in [9.17, 15) is 14.7 Å². The van der Waals surface area contributed by atoms with Crippen LogP contribution < -0.4 is 5.32 Å². The lowest BCUT2D eigenvalue weighted by atomic mass is 9.99. The molecule has 0 bridgehead atoms. The van der Waals surface area contributed by atoms with Crippen molar-refractivity contribution >= 4 is 34.5 Å². The summed E-state index contributed by atoms with van der Waals surface area (Å²) in [6.45, 7) is 3.88. The van der Waals surface area contributed by atoms with E-state index in [2.05, 4.69) is 10.3 Å². The Balaban J connectivity index is 1.97. The molecule has 6 nitrogen and oxygen atoms in total. The molecule has 0 radical (unpaired) electrons. The number of carboxylic acids is 1. The molecule has 29 heavy (non-hydrogen) atoms. The lowest BCUT2D eigenvalue weighted by Gasteiger charge is -2.12. The number of carboxylic acid groups (broad SMARTS) is 1. The van der Waals surface area contributed by atoms with Crippen LogP contribution in [-0.2, 0) is 9.53 Å². The number of rotatable bonds is 6. The number of ether oxygens (including phenoxy) is 1. The van der Waals surface area contributed by atoms with Gasteiger partial charge in [-0.25, -0.2) is 4.79 Å². The zero-order chi connectivity index (χ0) is 21.0. The number of carbonyl (C=O) groups excluding carboxylic acids is 1. The molecule has 0 aliphatic heterocycles.